The van der Waals surface area contributed by atoms with Crippen molar-refractivity contribution in [2.24, 2.45) is 16.2 Å². The average Bonchev–Trinajstić information content (AvgIpc) is 2.13. The third kappa shape index (κ3) is 42.7. The second kappa shape index (κ2) is 11.9. The SMILES string of the molecule is CC(C)(C)CO.CC(C)(C)CO.CC(C)(C)[CH]=[W]([Br])[Br]. The van der Waals surface area contributed by atoms with Gasteiger partial charge in [-0.1, -0.05) is 41.5 Å². The van der Waals surface area contributed by atoms with Crippen LogP contribution in [0.2, 0.25) is 0 Å². The molecule has 0 aromatic carbocycles. The predicted octanol–water partition coefficient (Wildman–Crippen LogP) is 5.12. The Hall–Kier alpha value is 1.44. The molecule has 0 amide bonds. The summed E-state index contributed by atoms with van der Waals surface area (Å²) in [6.45, 7) is 19.2. The van der Waals surface area contributed by atoms with Crippen molar-refractivity contribution in [3.05, 3.63) is 0 Å². The Kier molecular flexibility index (Phi) is 15.7. The molecule has 20 heavy (non-hydrogen) atoms. The van der Waals surface area contributed by atoms with Crippen molar-refractivity contribution in [2.45, 2.75) is 62.3 Å². The first-order valence-electron chi connectivity index (χ1n) is 6.67. The summed E-state index contributed by atoms with van der Waals surface area (Å²) in [6.07, 6.45) is 0. The Labute approximate surface area is 145 Å². The maximum absolute atomic E-state index is 8.40. The van der Waals surface area contributed by atoms with E-state index in [4.69, 9.17) is 10.2 Å². The molecule has 0 atom stereocenters. The van der Waals surface area contributed by atoms with Crippen LogP contribution in [0, 0.1) is 16.2 Å². The van der Waals surface area contributed by atoms with E-state index in [9.17, 15) is 0 Å². The summed E-state index contributed by atoms with van der Waals surface area (Å²) in [4.78, 5) is 0. The maximum atomic E-state index is 8.40. The van der Waals surface area contributed by atoms with E-state index < -0.39 is 12.7 Å². The molecule has 0 bridgehead atoms. The summed E-state index contributed by atoms with van der Waals surface area (Å²) in [6, 6.07) is 0. The van der Waals surface area contributed by atoms with Crippen LogP contribution in [-0.2, 0) is 12.7 Å². The molecule has 0 aliphatic carbocycles. The van der Waals surface area contributed by atoms with Gasteiger partial charge in [-0.05, 0) is 10.8 Å². The fourth-order valence-electron chi connectivity index (χ4n) is 0.267. The fraction of sp³-hybridized carbons (Fsp3) is 0.933. The van der Waals surface area contributed by atoms with Crippen LogP contribution in [0.5, 0.6) is 0 Å². The standard InChI is InChI=1S/2C5H12O.C5H10.2BrH.W/c2*1-5(2,3)4-6;1-5(2,3)4;;;/h2*6H,4H2,1-3H3;1H,2-4H3;2*1H;/q;;;;;+2/p-2. The van der Waals surface area contributed by atoms with E-state index >= 15 is 0 Å². The van der Waals surface area contributed by atoms with Crippen molar-refractivity contribution in [2.75, 3.05) is 13.2 Å². The van der Waals surface area contributed by atoms with E-state index in [-0.39, 0.29) is 24.0 Å². The first kappa shape index (κ1) is 26.3. The van der Waals surface area contributed by atoms with Crippen molar-refractivity contribution in [1.82, 2.24) is 0 Å². The molecule has 5 heteroatoms. The molecular weight excluding hydrogens is 556 g/mol. The molecule has 126 valence electrons. The molecule has 0 aliphatic heterocycles. The van der Waals surface area contributed by atoms with Crippen LogP contribution in [0.15, 0.2) is 0 Å². The summed E-state index contributed by atoms with van der Waals surface area (Å²) in [5.41, 5.74) is 0.584. The molecule has 0 heterocycles. The minimum atomic E-state index is -1.25. The zero-order chi connectivity index (χ0) is 17.2. The van der Waals surface area contributed by atoms with Crippen molar-refractivity contribution >= 4 is 31.0 Å². The summed E-state index contributed by atoms with van der Waals surface area (Å²) < 4.78 is 2.38. The van der Waals surface area contributed by atoms with Gasteiger partial charge in [-0.3, -0.25) is 0 Å². The summed E-state index contributed by atoms with van der Waals surface area (Å²) in [5.74, 6) is 0. The topological polar surface area (TPSA) is 40.5 Å². The molecule has 0 saturated heterocycles. The number of hydrogen-bond acceptors (Lipinski definition) is 2. The second-order valence-electron chi connectivity index (χ2n) is 8.16. The normalized spacial score (nSPS) is 12.1. The molecule has 0 unspecified atom stereocenters. The van der Waals surface area contributed by atoms with Gasteiger partial charge in [-0.2, -0.15) is 0 Å². The summed E-state index contributed by atoms with van der Waals surface area (Å²) in [5, 5.41) is 16.8. The second-order valence-corrected chi connectivity index (χ2v) is 29.2. The van der Waals surface area contributed by atoms with Crippen LogP contribution >= 0.6 is 26.6 Å². The van der Waals surface area contributed by atoms with Crippen LogP contribution in [0.1, 0.15) is 62.3 Å². The van der Waals surface area contributed by atoms with Crippen molar-refractivity contribution in [3.8, 4) is 0 Å². The van der Waals surface area contributed by atoms with Gasteiger partial charge in [0.05, 0.1) is 0 Å². The molecule has 0 radical (unpaired) electrons. The van der Waals surface area contributed by atoms with Gasteiger partial charge in [0.25, 0.3) is 0 Å². The third-order valence-corrected chi connectivity index (χ3v) is 7.63. The van der Waals surface area contributed by atoms with Crippen LogP contribution in [0.25, 0.3) is 0 Å². The number of rotatable bonds is 0. The third-order valence-electron chi connectivity index (χ3n) is 1.39. The number of aliphatic hydroxyl groups excluding tert-OH is 2. The Morgan fingerprint density at radius 3 is 0.950 bits per heavy atom. The van der Waals surface area contributed by atoms with Crippen molar-refractivity contribution in [3.63, 3.8) is 0 Å². The molecule has 0 rings (SSSR count). The summed E-state index contributed by atoms with van der Waals surface area (Å²) >= 11 is 5.88. The van der Waals surface area contributed by atoms with Gasteiger partial charge in [0.2, 0.25) is 0 Å². The van der Waals surface area contributed by atoms with Crippen LogP contribution < -0.4 is 0 Å². The van der Waals surface area contributed by atoms with Crippen molar-refractivity contribution in [1.29, 1.82) is 0 Å². The van der Waals surface area contributed by atoms with Crippen molar-refractivity contribution < 1.29 is 23.0 Å². The van der Waals surface area contributed by atoms with Crippen LogP contribution in [-0.4, -0.2) is 27.8 Å². The van der Waals surface area contributed by atoms with Gasteiger partial charge in [-0.15, -0.1) is 0 Å². The van der Waals surface area contributed by atoms with E-state index in [0.29, 0.717) is 5.41 Å². The molecule has 0 saturated carbocycles. The average molecular weight is 590 g/mol. The Morgan fingerprint density at radius 2 is 0.950 bits per heavy atom. The summed E-state index contributed by atoms with van der Waals surface area (Å²) in [7, 11) is 0. The minimum absolute atomic E-state index is 0.0972. The molecule has 0 spiro atoms. The quantitative estimate of drug-likeness (QED) is 0.412. The van der Waals surface area contributed by atoms with Gasteiger partial charge in [-0.25, -0.2) is 0 Å². The monoisotopic (exact) mass is 588 g/mol. The zero-order valence-corrected chi connectivity index (χ0v) is 20.7. The van der Waals surface area contributed by atoms with E-state index in [2.05, 4.69) is 51.8 Å². The first-order valence-corrected chi connectivity index (χ1v) is 21.2. The van der Waals surface area contributed by atoms with E-state index in [1.807, 2.05) is 41.5 Å². The van der Waals surface area contributed by atoms with Gasteiger partial charge < -0.3 is 10.2 Å². The zero-order valence-electron chi connectivity index (χ0n) is 14.6. The first-order chi connectivity index (χ1) is 8.54. The van der Waals surface area contributed by atoms with E-state index in [0.717, 1.165) is 0 Å². The predicted molar refractivity (Wildman–Crippen MR) is 96.5 cm³/mol. The number of halogens is 2. The molecule has 0 aromatic heterocycles. The Balaban J connectivity index is -0.000000221. The van der Waals surface area contributed by atoms with Gasteiger partial charge in [0, 0.05) is 13.2 Å². The van der Waals surface area contributed by atoms with Crippen LogP contribution in [0.3, 0.4) is 0 Å². The van der Waals surface area contributed by atoms with Gasteiger partial charge in [0.15, 0.2) is 0 Å². The Bertz CT molecular complexity index is 241. The molecule has 0 fully saturated rings. The van der Waals surface area contributed by atoms with Gasteiger partial charge in [0.1, 0.15) is 0 Å². The fourth-order valence-corrected chi connectivity index (χ4v) is 11.4. The number of hydrogen-bond donors (Lipinski definition) is 2. The molecule has 0 aromatic rings. The van der Waals surface area contributed by atoms with Crippen LogP contribution in [0.4, 0.5) is 0 Å². The molecule has 0 aliphatic rings. The van der Waals surface area contributed by atoms with Gasteiger partial charge >= 0.3 is 69.9 Å². The number of aliphatic hydroxyl groups is 2. The van der Waals surface area contributed by atoms with E-state index in [1.54, 1.807) is 0 Å². The molecule has 2 N–H and O–H groups in total. The molecule has 2 nitrogen and oxygen atoms in total. The Morgan fingerprint density at radius 1 is 0.750 bits per heavy atom. The molecular formula is C15H34Br2O2W. The van der Waals surface area contributed by atoms with E-state index in [1.165, 1.54) is 0 Å².